The van der Waals surface area contributed by atoms with Gasteiger partial charge in [0.05, 0.1) is 5.97 Å². The van der Waals surface area contributed by atoms with E-state index in [1.165, 1.54) is 13.8 Å². The maximum absolute atomic E-state index is 10.4. The molecule has 0 amide bonds. The fourth-order valence-electron chi connectivity index (χ4n) is 0.506. The Morgan fingerprint density at radius 1 is 1.54 bits per heavy atom. The van der Waals surface area contributed by atoms with Crippen LogP contribution < -0.4 is 24.0 Å². The van der Waals surface area contributed by atoms with Gasteiger partial charge in [-0.3, -0.25) is 4.55 Å². The van der Waals surface area contributed by atoms with Gasteiger partial charge in [-0.15, -0.1) is 0 Å². The molecular weight excluding hydrogens is 191 g/mol. The molecule has 0 aromatic rings. The Bertz CT molecular complexity index is 305. The summed E-state index contributed by atoms with van der Waals surface area (Å²) in [6, 6.07) is 0. The summed E-state index contributed by atoms with van der Waals surface area (Å²) in [6.07, 6.45) is 0.907. The van der Waals surface area contributed by atoms with Crippen LogP contribution in [0.4, 0.5) is 0 Å². The van der Waals surface area contributed by atoms with Crippen LogP contribution >= 0.6 is 0 Å². The first-order chi connectivity index (χ1) is 5.25. The number of carbonyl (C=O) groups is 1. The van der Waals surface area contributed by atoms with Gasteiger partial charge in [-0.05, 0) is 19.4 Å². The van der Waals surface area contributed by atoms with Gasteiger partial charge in [0.25, 0.3) is 10.1 Å². The number of carboxylic acids is 1. The van der Waals surface area contributed by atoms with Gasteiger partial charge in [0.15, 0.2) is 0 Å². The molecule has 1 atom stereocenters. The van der Waals surface area contributed by atoms with Crippen molar-refractivity contribution in [3.8, 4) is 0 Å². The average molecular weight is 200 g/mol. The van der Waals surface area contributed by atoms with Crippen LogP contribution in [-0.2, 0) is 14.9 Å². The Hall–Kier alpha value is -0.283. The molecule has 0 aliphatic rings. The molecule has 0 spiro atoms. The molecule has 1 N–H and O–H groups in total. The predicted molar refractivity (Wildman–Crippen MR) is 39.8 cm³/mol. The first-order valence-corrected chi connectivity index (χ1v) is 4.61. The third kappa shape index (κ3) is 5.88. The van der Waals surface area contributed by atoms with E-state index in [4.69, 9.17) is 4.55 Å². The van der Waals surface area contributed by atoms with Gasteiger partial charge >= 0.3 is 18.9 Å². The molecule has 0 aliphatic carbocycles. The molecule has 0 fully saturated rings. The number of hydrogen-bond donors (Lipinski definition) is 1. The van der Waals surface area contributed by atoms with Gasteiger partial charge in [0.2, 0.25) is 0 Å². The molecule has 1 unspecified atom stereocenters. The molecule has 0 saturated carbocycles. The Kier molecular flexibility index (Phi) is 6.37. The maximum atomic E-state index is 10.4. The van der Waals surface area contributed by atoms with Crippen molar-refractivity contribution >= 4 is 16.1 Å². The first kappa shape index (κ1) is 15.2. The van der Waals surface area contributed by atoms with Crippen molar-refractivity contribution in [3.05, 3.63) is 11.6 Å². The van der Waals surface area contributed by atoms with E-state index in [0.29, 0.717) is 0 Å². The summed E-state index contributed by atoms with van der Waals surface area (Å²) in [5.74, 6) is -1.45. The minimum absolute atomic E-state index is 0. The number of carboxylic acid groups (broad SMARTS) is 1. The van der Waals surface area contributed by atoms with Crippen molar-refractivity contribution < 1.29 is 41.7 Å². The van der Waals surface area contributed by atoms with Crippen molar-refractivity contribution in [1.29, 1.82) is 0 Å². The van der Waals surface area contributed by atoms with Crippen molar-refractivity contribution in [3.63, 3.8) is 0 Å². The fourth-order valence-corrected chi connectivity index (χ4v) is 0.882. The van der Waals surface area contributed by atoms with Gasteiger partial charge in [0.1, 0.15) is 5.25 Å². The van der Waals surface area contributed by atoms with Crippen LogP contribution in [0.25, 0.3) is 0 Å². The van der Waals surface area contributed by atoms with E-state index < -0.39 is 21.3 Å². The monoisotopic (exact) mass is 200 g/mol. The minimum atomic E-state index is -4.20. The van der Waals surface area contributed by atoms with Crippen molar-refractivity contribution in [1.82, 2.24) is 0 Å². The molecule has 0 rings (SSSR count). The molecule has 0 aromatic carbocycles. The van der Waals surface area contributed by atoms with E-state index in [2.05, 4.69) is 0 Å². The van der Waals surface area contributed by atoms with E-state index in [-0.39, 0.29) is 24.4 Å². The summed E-state index contributed by atoms with van der Waals surface area (Å²) in [6.45, 7) is 2.36. The van der Waals surface area contributed by atoms with Crippen molar-refractivity contribution in [2.45, 2.75) is 19.1 Å². The quantitative estimate of drug-likeness (QED) is 0.284. The standard InChI is InChI=1S/C6H10O5S.Li/c1-4(6(7)8)3-5(2)12(9,10)11;/h3,5H,1-2H3,(H,7,8)(H,9,10,11);/q;+1/p-1. The van der Waals surface area contributed by atoms with Crippen molar-refractivity contribution in [2.75, 3.05) is 0 Å². The summed E-state index contributed by atoms with van der Waals surface area (Å²) in [5, 5.41) is 8.88. The van der Waals surface area contributed by atoms with Gasteiger partial charge in [-0.25, -0.2) is 0 Å². The molecule has 0 saturated heterocycles. The number of hydrogen-bond acceptors (Lipinski definition) is 4. The average Bonchev–Trinajstić information content (AvgIpc) is 1.85. The zero-order valence-electron chi connectivity index (χ0n) is 7.64. The van der Waals surface area contributed by atoms with Gasteiger partial charge in [-0.2, -0.15) is 8.42 Å². The van der Waals surface area contributed by atoms with Crippen LogP contribution in [0.2, 0.25) is 0 Å². The number of carbonyl (C=O) groups excluding carboxylic acids is 1. The van der Waals surface area contributed by atoms with Crippen LogP contribution in [0, 0.1) is 0 Å². The van der Waals surface area contributed by atoms with E-state index in [0.717, 1.165) is 6.08 Å². The number of aliphatic carboxylic acids is 1. The summed E-state index contributed by atoms with van der Waals surface area (Å²) in [4.78, 5) is 10.1. The van der Waals surface area contributed by atoms with Crippen LogP contribution in [0.15, 0.2) is 11.6 Å². The Balaban J connectivity index is 0. The molecule has 0 heterocycles. The SMILES string of the molecule is CC(=CC(C)S(=O)(=O)O)C(=O)[O-].[Li+]. The Labute approximate surface area is 88.8 Å². The third-order valence-corrected chi connectivity index (χ3v) is 2.35. The van der Waals surface area contributed by atoms with E-state index in [1.54, 1.807) is 0 Å². The van der Waals surface area contributed by atoms with E-state index in [1.807, 2.05) is 0 Å². The smallest absolute Gasteiger partial charge is 0.545 e. The molecule has 7 heteroatoms. The largest absolute Gasteiger partial charge is 1.00 e. The summed E-state index contributed by atoms with van der Waals surface area (Å²) in [5.41, 5.74) is -0.222. The summed E-state index contributed by atoms with van der Waals surface area (Å²) < 4.78 is 29.2. The molecule has 0 aromatic heterocycles. The third-order valence-electron chi connectivity index (χ3n) is 1.28. The van der Waals surface area contributed by atoms with Crippen LogP contribution in [0.1, 0.15) is 13.8 Å². The predicted octanol–water partition coefficient (Wildman–Crippen LogP) is -4.04. The van der Waals surface area contributed by atoms with Gasteiger partial charge in [0, 0.05) is 0 Å². The van der Waals surface area contributed by atoms with Gasteiger partial charge < -0.3 is 9.90 Å². The molecule has 5 nitrogen and oxygen atoms in total. The molecular formula is C6H9LiO5S. The second-order valence-corrected chi connectivity index (χ2v) is 4.13. The van der Waals surface area contributed by atoms with E-state index in [9.17, 15) is 18.3 Å². The first-order valence-electron chi connectivity index (χ1n) is 3.11. The normalized spacial score (nSPS) is 14.5. The molecule has 0 bridgehead atoms. The minimum Gasteiger partial charge on any atom is -0.545 e. The zero-order chi connectivity index (χ0) is 9.94. The molecule has 0 radical (unpaired) electrons. The van der Waals surface area contributed by atoms with E-state index >= 15 is 0 Å². The zero-order valence-corrected chi connectivity index (χ0v) is 8.46. The second-order valence-electron chi connectivity index (χ2n) is 2.36. The summed E-state index contributed by atoms with van der Waals surface area (Å²) in [7, 11) is -4.20. The van der Waals surface area contributed by atoms with Crippen LogP contribution in [0.3, 0.4) is 0 Å². The van der Waals surface area contributed by atoms with Crippen LogP contribution in [0.5, 0.6) is 0 Å². The Morgan fingerprint density at radius 2 is 1.92 bits per heavy atom. The molecule has 70 valence electrons. The topological polar surface area (TPSA) is 94.5 Å². The number of rotatable bonds is 3. The second kappa shape index (κ2) is 5.45. The van der Waals surface area contributed by atoms with Crippen molar-refractivity contribution in [2.24, 2.45) is 0 Å². The van der Waals surface area contributed by atoms with Gasteiger partial charge in [-0.1, -0.05) is 6.08 Å². The molecule has 13 heavy (non-hydrogen) atoms. The fraction of sp³-hybridized carbons (Fsp3) is 0.500. The molecule has 0 aliphatic heterocycles. The Morgan fingerprint density at radius 3 is 2.15 bits per heavy atom. The van der Waals surface area contributed by atoms with Crippen LogP contribution in [-0.4, -0.2) is 24.2 Å². The summed E-state index contributed by atoms with van der Waals surface area (Å²) >= 11 is 0. The maximum Gasteiger partial charge on any atom is 1.00 e.